The van der Waals surface area contributed by atoms with Crippen molar-refractivity contribution < 1.29 is 28.5 Å². The van der Waals surface area contributed by atoms with Crippen LogP contribution in [-0.2, 0) is 35.6 Å². The van der Waals surface area contributed by atoms with Crippen LogP contribution in [0.2, 0.25) is 0 Å². The molecule has 3 fully saturated rings. The number of aromatic amines is 1. The number of rotatable bonds is 11. The second-order valence-corrected chi connectivity index (χ2v) is 10.1. The first-order chi connectivity index (χ1) is 17.1. The molecule has 2 saturated heterocycles. The molecule has 0 amide bonds. The van der Waals surface area contributed by atoms with Crippen LogP contribution in [0.5, 0.6) is 5.75 Å². The number of H-pyrrole nitrogens is 1. The highest BCUT2D eigenvalue weighted by Crippen LogP contribution is 2.55. The van der Waals surface area contributed by atoms with E-state index in [1.54, 1.807) is 14.2 Å². The molecular formula is C27H38N2O6. The summed E-state index contributed by atoms with van der Waals surface area (Å²) in [6, 6.07) is 6.24. The zero-order valence-electron chi connectivity index (χ0n) is 21.1. The zero-order valence-corrected chi connectivity index (χ0v) is 21.1. The first-order valence-electron chi connectivity index (χ1n) is 12.9. The Kier molecular flexibility index (Phi) is 7.34. The van der Waals surface area contributed by atoms with Gasteiger partial charge in [0.1, 0.15) is 18.0 Å². The molecule has 1 unspecified atom stereocenters. The van der Waals surface area contributed by atoms with Crippen molar-refractivity contribution >= 4 is 16.9 Å². The van der Waals surface area contributed by atoms with Gasteiger partial charge in [0, 0.05) is 49.4 Å². The smallest absolute Gasteiger partial charge is 0.319 e. The number of nitrogens with one attached hydrogen (secondary N) is 1. The van der Waals surface area contributed by atoms with Crippen LogP contribution >= 0.6 is 0 Å². The molecule has 5 atom stereocenters. The van der Waals surface area contributed by atoms with Crippen LogP contribution in [0.4, 0.5) is 0 Å². The fourth-order valence-corrected chi connectivity index (χ4v) is 6.94. The lowest BCUT2D eigenvalue weighted by atomic mass is 9.56. The minimum Gasteiger partial charge on any atom is -0.497 e. The number of benzene rings is 1. The van der Waals surface area contributed by atoms with Crippen molar-refractivity contribution in [3.8, 4) is 5.75 Å². The quantitative estimate of drug-likeness (QED) is 0.297. The SMILES string of the molecule is CCOC(=O)[C@@]12C[C@H]3C[C@H](CCOCOCCOC)[C@@H]1N(CCc1c2[nH]c2ccc(OC)cc12)C3. The van der Waals surface area contributed by atoms with Crippen molar-refractivity contribution in [2.24, 2.45) is 11.8 Å². The molecule has 1 N–H and O–H groups in total. The highest BCUT2D eigenvalue weighted by molar-refractivity contribution is 5.92. The highest BCUT2D eigenvalue weighted by atomic mass is 16.7. The Balaban J connectivity index is 1.47. The number of carbonyl (C=O) groups excluding carboxylic acids is 1. The fourth-order valence-electron chi connectivity index (χ4n) is 6.94. The predicted octanol–water partition coefficient (Wildman–Crippen LogP) is 3.27. The van der Waals surface area contributed by atoms with Gasteiger partial charge in [-0.2, -0.15) is 0 Å². The maximum Gasteiger partial charge on any atom is 0.319 e. The summed E-state index contributed by atoms with van der Waals surface area (Å²) in [6.45, 7) is 6.24. The van der Waals surface area contributed by atoms with Crippen LogP contribution in [0, 0.1) is 11.8 Å². The number of ether oxygens (including phenoxy) is 5. The number of hydrogen-bond donors (Lipinski definition) is 1. The van der Waals surface area contributed by atoms with Gasteiger partial charge in [-0.3, -0.25) is 9.69 Å². The molecule has 1 saturated carbocycles. The molecule has 0 radical (unpaired) electrons. The summed E-state index contributed by atoms with van der Waals surface area (Å²) in [4.78, 5) is 20.2. The average molecular weight is 487 g/mol. The van der Waals surface area contributed by atoms with Gasteiger partial charge in [-0.25, -0.2) is 0 Å². The van der Waals surface area contributed by atoms with Crippen LogP contribution < -0.4 is 4.74 Å². The van der Waals surface area contributed by atoms with E-state index in [0.29, 0.717) is 38.3 Å². The third-order valence-corrected chi connectivity index (χ3v) is 8.16. The predicted molar refractivity (Wildman–Crippen MR) is 132 cm³/mol. The Hall–Kier alpha value is -2.13. The number of hydrogen-bond acceptors (Lipinski definition) is 7. The minimum atomic E-state index is -0.686. The Morgan fingerprint density at radius 3 is 2.86 bits per heavy atom. The molecule has 0 spiro atoms. The van der Waals surface area contributed by atoms with E-state index in [2.05, 4.69) is 22.0 Å². The van der Waals surface area contributed by atoms with Crippen LogP contribution in [0.15, 0.2) is 18.2 Å². The highest BCUT2D eigenvalue weighted by Gasteiger charge is 2.63. The van der Waals surface area contributed by atoms with Crippen LogP contribution in [0.25, 0.3) is 10.9 Å². The molecule has 4 bridgehead atoms. The van der Waals surface area contributed by atoms with Gasteiger partial charge in [0.25, 0.3) is 0 Å². The standard InChI is InChI=1S/C27H38N2O6/c1-4-35-26(30)27-15-18-13-19(8-10-33-17-34-12-11-31-2)25(27)29(16-18)9-7-21-22-14-20(32-3)5-6-23(22)28-24(21)27/h5-6,14,18-19,25,28H,4,7-13,15-17H2,1-3H3/t18-,19+,25+,27-/m1/s1. The maximum atomic E-state index is 13.9. The second-order valence-electron chi connectivity index (χ2n) is 10.1. The van der Waals surface area contributed by atoms with Crippen molar-refractivity contribution in [1.29, 1.82) is 0 Å². The molecular weight excluding hydrogens is 448 g/mol. The van der Waals surface area contributed by atoms with Crippen molar-refractivity contribution in [3.05, 3.63) is 29.5 Å². The fraction of sp³-hybridized carbons (Fsp3) is 0.667. The van der Waals surface area contributed by atoms with E-state index < -0.39 is 5.41 Å². The number of piperidine rings is 2. The van der Waals surface area contributed by atoms with Gasteiger partial charge in [0.2, 0.25) is 0 Å². The Morgan fingerprint density at radius 2 is 2.06 bits per heavy atom. The Bertz CT molecular complexity index is 1040. The Morgan fingerprint density at radius 1 is 1.20 bits per heavy atom. The van der Waals surface area contributed by atoms with Crippen molar-refractivity contribution in [2.45, 2.75) is 44.1 Å². The molecule has 4 heterocycles. The summed E-state index contributed by atoms with van der Waals surface area (Å²) in [6.07, 6.45) is 3.76. The average Bonchev–Trinajstić information content (AvgIpc) is 3.20. The van der Waals surface area contributed by atoms with Crippen molar-refractivity contribution in [2.75, 3.05) is 60.5 Å². The van der Waals surface area contributed by atoms with Gasteiger partial charge in [-0.05, 0) is 68.2 Å². The number of carbonyl (C=O) groups is 1. The topological polar surface area (TPSA) is 82.3 Å². The van der Waals surface area contributed by atoms with Crippen molar-refractivity contribution in [3.63, 3.8) is 0 Å². The van der Waals surface area contributed by atoms with Crippen LogP contribution in [0.1, 0.15) is 37.4 Å². The molecule has 3 aliphatic heterocycles. The lowest BCUT2D eigenvalue weighted by Crippen LogP contribution is -2.67. The first kappa shape index (κ1) is 24.6. The van der Waals surface area contributed by atoms with Gasteiger partial charge in [-0.1, -0.05) is 0 Å². The molecule has 1 aromatic heterocycles. The van der Waals surface area contributed by atoms with E-state index in [0.717, 1.165) is 61.1 Å². The summed E-state index contributed by atoms with van der Waals surface area (Å²) in [7, 11) is 3.35. The van der Waals surface area contributed by atoms with Gasteiger partial charge < -0.3 is 28.7 Å². The summed E-state index contributed by atoms with van der Waals surface area (Å²) in [5.41, 5.74) is 2.67. The maximum absolute atomic E-state index is 13.9. The minimum absolute atomic E-state index is 0.0881. The van der Waals surface area contributed by atoms with Crippen LogP contribution in [-0.4, -0.2) is 82.4 Å². The normalized spacial score (nSPS) is 29.1. The molecule has 35 heavy (non-hydrogen) atoms. The summed E-state index contributed by atoms with van der Waals surface area (Å²) < 4.78 is 27.6. The lowest BCUT2D eigenvalue weighted by molar-refractivity contribution is -0.166. The Labute approximate surface area is 207 Å². The summed E-state index contributed by atoms with van der Waals surface area (Å²) >= 11 is 0. The number of nitrogens with zero attached hydrogens (tertiary/aromatic N) is 1. The zero-order chi connectivity index (χ0) is 24.4. The van der Waals surface area contributed by atoms with Gasteiger partial charge in [0.15, 0.2) is 0 Å². The number of aromatic nitrogens is 1. The van der Waals surface area contributed by atoms with E-state index in [9.17, 15) is 4.79 Å². The third kappa shape index (κ3) is 4.35. The molecule has 1 aliphatic carbocycles. The number of methoxy groups -OCH3 is 2. The molecule has 6 rings (SSSR count). The molecule has 192 valence electrons. The van der Waals surface area contributed by atoms with E-state index >= 15 is 0 Å². The molecule has 1 aromatic carbocycles. The van der Waals surface area contributed by atoms with Gasteiger partial charge in [0.05, 0.1) is 26.9 Å². The van der Waals surface area contributed by atoms with Crippen molar-refractivity contribution in [1.82, 2.24) is 9.88 Å². The van der Waals surface area contributed by atoms with E-state index in [4.69, 9.17) is 23.7 Å². The van der Waals surface area contributed by atoms with Gasteiger partial charge in [-0.15, -0.1) is 0 Å². The summed E-state index contributed by atoms with van der Waals surface area (Å²) in [5, 5.41) is 1.15. The molecule has 2 aromatic rings. The third-order valence-electron chi connectivity index (χ3n) is 8.16. The molecule has 8 nitrogen and oxygen atoms in total. The number of fused-ring (bicyclic) bond motifs is 4. The van der Waals surface area contributed by atoms with E-state index in [1.807, 2.05) is 13.0 Å². The van der Waals surface area contributed by atoms with Gasteiger partial charge >= 0.3 is 5.97 Å². The first-order valence-corrected chi connectivity index (χ1v) is 12.9. The number of esters is 1. The van der Waals surface area contributed by atoms with E-state index in [-0.39, 0.29) is 18.8 Å². The lowest BCUT2D eigenvalue weighted by Gasteiger charge is -2.58. The van der Waals surface area contributed by atoms with Crippen LogP contribution in [0.3, 0.4) is 0 Å². The molecule has 4 aliphatic rings. The largest absolute Gasteiger partial charge is 0.497 e. The monoisotopic (exact) mass is 486 g/mol. The van der Waals surface area contributed by atoms with E-state index in [1.165, 1.54) is 5.56 Å². The second kappa shape index (κ2) is 10.5. The molecule has 8 heteroatoms. The summed E-state index contributed by atoms with van der Waals surface area (Å²) in [5.74, 6) is 1.56.